The zero-order chi connectivity index (χ0) is 16.8. The van der Waals surface area contributed by atoms with E-state index in [2.05, 4.69) is 10.2 Å². The molecule has 0 saturated heterocycles. The summed E-state index contributed by atoms with van der Waals surface area (Å²) >= 11 is 0. The zero-order valence-corrected chi connectivity index (χ0v) is 13.4. The molecule has 0 spiro atoms. The Bertz CT molecular complexity index is 1150. The highest BCUT2D eigenvalue weighted by atomic mass is 19.1. The van der Waals surface area contributed by atoms with Crippen LogP contribution in [-0.2, 0) is 0 Å². The lowest BCUT2D eigenvalue weighted by Gasteiger charge is -2.11. The van der Waals surface area contributed by atoms with E-state index in [1.165, 1.54) is 4.48 Å². The van der Waals surface area contributed by atoms with Crippen LogP contribution >= 0.6 is 0 Å². The molecule has 1 aliphatic heterocycles. The normalized spacial score (nSPS) is 14.4. The molecular formula is C20H14BFN3+. The molecule has 0 fully saturated rings. The number of hydrogen-bond donors (Lipinski definition) is 1. The summed E-state index contributed by atoms with van der Waals surface area (Å²) in [6, 6.07) is 21.7. The number of benzene rings is 3. The van der Waals surface area contributed by atoms with Crippen LogP contribution in [0.5, 0.6) is 0 Å². The Labute approximate surface area is 144 Å². The number of aliphatic imine (C=N–C) groups is 1. The van der Waals surface area contributed by atoms with Gasteiger partial charge >= 0.3 is 13.1 Å². The van der Waals surface area contributed by atoms with Crippen molar-refractivity contribution in [1.82, 2.24) is 0 Å². The molecule has 0 saturated carbocycles. The van der Waals surface area contributed by atoms with Crippen molar-refractivity contribution in [3.63, 3.8) is 0 Å². The smallest absolute Gasteiger partial charge is 0.356 e. The predicted octanol–water partition coefficient (Wildman–Crippen LogP) is 4.26. The fourth-order valence-corrected chi connectivity index (χ4v) is 3.41. The third-order valence-electron chi connectivity index (χ3n) is 4.61. The van der Waals surface area contributed by atoms with Gasteiger partial charge in [-0.3, -0.25) is 4.32 Å². The lowest BCUT2D eigenvalue weighted by Crippen LogP contribution is -2.53. The van der Waals surface area contributed by atoms with Gasteiger partial charge in [0.15, 0.2) is 0 Å². The second kappa shape index (κ2) is 5.41. The van der Waals surface area contributed by atoms with E-state index in [0.717, 1.165) is 32.8 Å². The molecule has 0 amide bonds. The largest absolute Gasteiger partial charge is 0.716 e. The summed E-state index contributed by atoms with van der Waals surface area (Å²) in [5, 5.41) is 7.05. The fraction of sp³-hybridized carbons (Fsp3) is 0. The minimum Gasteiger partial charge on any atom is -0.356 e. The average Bonchev–Trinajstić information content (AvgIpc) is 2.70. The Balaban J connectivity index is 1.80. The first-order chi connectivity index (χ1) is 12.3. The van der Waals surface area contributed by atoms with E-state index >= 15 is 4.32 Å². The van der Waals surface area contributed by atoms with Crippen molar-refractivity contribution in [2.75, 3.05) is 5.23 Å². The molecule has 1 aliphatic rings. The van der Waals surface area contributed by atoms with Gasteiger partial charge in [-0.25, -0.2) is 4.48 Å². The molecule has 0 unspecified atom stereocenters. The maximum atomic E-state index is 15.1. The second-order valence-corrected chi connectivity index (χ2v) is 6.16. The van der Waals surface area contributed by atoms with Crippen molar-refractivity contribution in [3.8, 4) is 0 Å². The number of nitrogens with zero attached hydrogens (tertiary/aromatic N) is 2. The van der Waals surface area contributed by atoms with Crippen molar-refractivity contribution < 1.29 is 8.79 Å². The van der Waals surface area contributed by atoms with Crippen LogP contribution in [0.15, 0.2) is 77.9 Å². The molecule has 0 atom stereocenters. The number of nitrogens with one attached hydrogen (secondary N) is 1. The Hall–Kier alpha value is -3.21. The highest BCUT2D eigenvalue weighted by Crippen LogP contribution is 2.28. The van der Waals surface area contributed by atoms with Gasteiger partial charge in [-0.1, -0.05) is 59.6 Å². The number of rotatable bonds is 0. The number of anilines is 1. The fourth-order valence-electron chi connectivity index (χ4n) is 3.41. The molecule has 0 bridgehead atoms. The minimum absolute atomic E-state index is 0.573. The Kier molecular flexibility index (Phi) is 3.07. The zero-order valence-electron chi connectivity index (χ0n) is 13.4. The molecule has 3 aromatic carbocycles. The Morgan fingerprint density at radius 2 is 1.64 bits per heavy atom. The van der Waals surface area contributed by atoms with Gasteiger partial charge in [-0.05, 0) is 16.8 Å². The van der Waals surface area contributed by atoms with E-state index in [0.29, 0.717) is 5.82 Å². The lowest BCUT2D eigenvalue weighted by atomic mass is 9.98. The summed E-state index contributed by atoms with van der Waals surface area (Å²) in [5.74, 6) is 0.573. The monoisotopic (exact) mass is 326 g/mol. The Morgan fingerprint density at radius 1 is 0.880 bits per heavy atom. The summed E-state index contributed by atoms with van der Waals surface area (Å²) in [5.41, 5.74) is 1.73. The standard InChI is InChI=1S/C20H14BFN3/c22-21-24-18-10-4-8-14-7-3-9-16(20(14)18)12-23-19-11-15-5-1-2-6-17(15)13-25(19)21/h1-13,24H/q+1. The van der Waals surface area contributed by atoms with Gasteiger partial charge in [-0.15, -0.1) is 0 Å². The van der Waals surface area contributed by atoms with E-state index in [1.54, 1.807) is 6.20 Å². The van der Waals surface area contributed by atoms with Gasteiger partial charge < -0.3 is 5.23 Å². The molecule has 118 valence electrons. The summed E-state index contributed by atoms with van der Waals surface area (Å²) < 4.78 is 16.7. The molecule has 0 radical (unpaired) electrons. The number of halogens is 1. The van der Waals surface area contributed by atoms with Crippen molar-refractivity contribution in [2.45, 2.75) is 0 Å². The van der Waals surface area contributed by atoms with Gasteiger partial charge in [0, 0.05) is 28.1 Å². The predicted molar refractivity (Wildman–Crippen MR) is 101 cm³/mol. The van der Waals surface area contributed by atoms with Crippen molar-refractivity contribution in [1.29, 1.82) is 0 Å². The summed E-state index contributed by atoms with van der Waals surface area (Å²) in [6.45, 7) is 0. The molecule has 5 rings (SSSR count). The lowest BCUT2D eigenvalue weighted by molar-refractivity contribution is -0.529. The number of fused-ring (bicyclic) bond motifs is 2. The number of hydrogen-bond acceptors (Lipinski definition) is 2. The van der Waals surface area contributed by atoms with Gasteiger partial charge in [0.2, 0.25) is 0 Å². The van der Waals surface area contributed by atoms with Crippen LogP contribution in [0.3, 0.4) is 0 Å². The molecule has 0 aliphatic carbocycles. The quantitative estimate of drug-likeness (QED) is 0.481. The molecule has 1 aromatic heterocycles. The SMILES string of the molecule is FB1Nc2cccc3cccc(c23)/C=N/c2cc3ccccc3c[n+]21. The number of aromatic nitrogens is 1. The van der Waals surface area contributed by atoms with Gasteiger partial charge in [0.25, 0.3) is 0 Å². The average molecular weight is 326 g/mol. The first-order valence-electron chi connectivity index (χ1n) is 8.20. The van der Waals surface area contributed by atoms with E-state index in [9.17, 15) is 0 Å². The van der Waals surface area contributed by atoms with E-state index in [1.807, 2.05) is 72.9 Å². The molecule has 2 heterocycles. The van der Waals surface area contributed by atoms with E-state index in [4.69, 9.17) is 0 Å². The van der Waals surface area contributed by atoms with Crippen LogP contribution in [0.4, 0.5) is 15.8 Å². The van der Waals surface area contributed by atoms with Gasteiger partial charge in [0.05, 0.1) is 6.20 Å². The van der Waals surface area contributed by atoms with Crippen LogP contribution in [0, 0.1) is 0 Å². The third-order valence-corrected chi connectivity index (χ3v) is 4.61. The molecule has 4 aromatic rings. The molecule has 3 nitrogen and oxygen atoms in total. The van der Waals surface area contributed by atoms with Crippen molar-refractivity contribution in [2.24, 2.45) is 4.99 Å². The summed E-state index contributed by atoms with van der Waals surface area (Å²) in [6.07, 6.45) is 3.61. The topological polar surface area (TPSA) is 28.3 Å². The van der Waals surface area contributed by atoms with Crippen LogP contribution in [0.1, 0.15) is 5.56 Å². The summed E-state index contributed by atoms with van der Waals surface area (Å²) in [4.78, 5) is 4.59. The van der Waals surface area contributed by atoms with Gasteiger partial charge in [-0.2, -0.15) is 0 Å². The molecular weight excluding hydrogens is 312 g/mol. The maximum Gasteiger partial charge on any atom is 0.716 e. The molecule has 5 heteroatoms. The minimum atomic E-state index is -1.41. The molecule has 1 N–H and O–H groups in total. The van der Waals surface area contributed by atoms with Gasteiger partial charge in [0.1, 0.15) is 6.21 Å². The van der Waals surface area contributed by atoms with Crippen LogP contribution < -0.4 is 9.71 Å². The van der Waals surface area contributed by atoms with E-state index < -0.39 is 7.26 Å². The van der Waals surface area contributed by atoms with Crippen LogP contribution in [0.25, 0.3) is 21.5 Å². The van der Waals surface area contributed by atoms with Crippen LogP contribution in [0.2, 0.25) is 0 Å². The highest BCUT2D eigenvalue weighted by molar-refractivity contribution is 6.47. The second-order valence-electron chi connectivity index (χ2n) is 6.16. The number of pyridine rings is 1. The Morgan fingerprint density at radius 3 is 2.52 bits per heavy atom. The molecule has 25 heavy (non-hydrogen) atoms. The first kappa shape index (κ1) is 14.2. The van der Waals surface area contributed by atoms with Crippen molar-refractivity contribution >= 4 is 46.5 Å². The maximum absolute atomic E-state index is 15.1. The highest BCUT2D eigenvalue weighted by Gasteiger charge is 2.31. The van der Waals surface area contributed by atoms with Crippen molar-refractivity contribution in [3.05, 3.63) is 78.5 Å². The third kappa shape index (κ3) is 2.28. The van der Waals surface area contributed by atoms with Crippen LogP contribution in [-0.4, -0.2) is 13.5 Å². The first-order valence-corrected chi connectivity index (χ1v) is 8.20. The summed E-state index contributed by atoms with van der Waals surface area (Å²) in [7, 11) is -1.41. The van der Waals surface area contributed by atoms with E-state index in [-0.39, 0.29) is 0 Å².